The summed E-state index contributed by atoms with van der Waals surface area (Å²) in [6.07, 6.45) is 4.49. The maximum Gasteiger partial charge on any atom is 0.254 e. The van der Waals surface area contributed by atoms with Crippen LogP contribution < -0.4 is 16.6 Å². The Labute approximate surface area is 121 Å². The number of hydrazine groups is 1. The van der Waals surface area contributed by atoms with Gasteiger partial charge in [-0.15, -0.1) is 0 Å². The Morgan fingerprint density at radius 1 is 1.60 bits per heavy atom. The molecule has 2 atom stereocenters. The first kappa shape index (κ1) is 15.1. The lowest BCUT2D eigenvalue weighted by molar-refractivity contribution is 0.0934. The molecule has 7 heteroatoms. The molecule has 1 heterocycles. The monoisotopic (exact) mass is 298 g/mol. The summed E-state index contributed by atoms with van der Waals surface area (Å²) < 4.78 is 14.0. The number of nitrogens with zero attached hydrogens (tertiary/aromatic N) is 1. The summed E-state index contributed by atoms with van der Waals surface area (Å²) >= 11 is 1.84. The molecule has 1 aromatic heterocycles. The Bertz CT molecular complexity index is 485. The maximum absolute atomic E-state index is 14.0. The zero-order chi connectivity index (χ0) is 14.5. The number of carbonyl (C=O) groups is 1. The number of nitrogens with one attached hydrogen (secondary N) is 2. The van der Waals surface area contributed by atoms with Crippen molar-refractivity contribution >= 4 is 23.5 Å². The Morgan fingerprint density at radius 2 is 2.40 bits per heavy atom. The van der Waals surface area contributed by atoms with Crippen molar-refractivity contribution in [3.63, 3.8) is 0 Å². The molecule has 0 aliphatic heterocycles. The van der Waals surface area contributed by atoms with Gasteiger partial charge >= 0.3 is 0 Å². The summed E-state index contributed by atoms with van der Waals surface area (Å²) in [5.74, 6) is 4.93. The van der Waals surface area contributed by atoms with Crippen molar-refractivity contribution in [1.29, 1.82) is 0 Å². The normalized spacial score (nSPS) is 21.8. The SMILES string of the molecule is CCSC1CCCC1NC(=O)c1ccnc(NN)c1F. The second-order valence-electron chi connectivity index (χ2n) is 4.67. The van der Waals surface area contributed by atoms with Crippen molar-refractivity contribution in [2.75, 3.05) is 11.2 Å². The Morgan fingerprint density at radius 3 is 3.10 bits per heavy atom. The fourth-order valence-corrected chi connectivity index (χ4v) is 3.67. The van der Waals surface area contributed by atoms with Gasteiger partial charge in [-0.05, 0) is 24.7 Å². The molecule has 0 aromatic carbocycles. The molecule has 0 bridgehead atoms. The number of nitrogen functional groups attached to an aromatic ring is 1. The van der Waals surface area contributed by atoms with Gasteiger partial charge in [0.25, 0.3) is 5.91 Å². The van der Waals surface area contributed by atoms with Crippen LogP contribution in [0.5, 0.6) is 0 Å². The smallest absolute Gasteiger partial charge is 0.254 e. The van der Waals surface area contributed by atoms with Crippen LogP contribution in [0.1, 0.15) is 36.5 Å². The van der Waals surface area contributed by atoms with Crippen LogP contribution in [0, 0.1) is 5.82 Å². The van der Waals surface area contributed by atoms with Crippen LogP contribution in [0.2, 0.25) is 0 Å². The van der Waals surface area contributed by atoms with Crippen molar-refractivity contribution in [2.24, 2.45) is 5.84 Å². The van der Waals surface area contributed by atoms with E-state index in [2.05, 4.69) is 22.7 Å². The molecule has 0 spiro atoms. The molecule has 1 amide bonds. The molecule has 4 N–H and O–H groups in total. The number of amides is 1. The lowest BCUT2D eigenvalue weighted by Gasteiger charge is -2.20. The first-order chi connectivity index (χ1) is 9.67. The highest BCUT2D eigenvalue weighted by Crippen LogP contribution is 2.30. The van der Waals surface area contributed by atoms with Crippen LogP contribution in [-0.4, -0.2) is 27.9 Å². The van der Waals surface area contributed by atoms with E-state index in [-0.39, 0.29) is 17.4 Å². The third-order valence-electron chi connectivity index (χ3n) is 3.42. The third kappa shape index (κ3) is 3.21. The molecule has 20 heavy (non-hydrogen) atoms. The van der Waals surface area contributed by atoms with Crippen LogP contribution in [0.3, 0.4) is 0 Å². The zero-order valence-corrected chi connectivity index (χ0v) is 12.2. The maximum atomic E-state index is 14.0. The molecule has 1 fully saturated rings. The van der Waals surface area contributed by atoms with E-state index in [0.717, 1.165) is 25.0 Å². The quantitative estimate of drug-likeness (QED) is 0.571. The summed E-state index contributed by atoms with van der Waals surface area (Å²) in [7, 11) is 0. The summed E-state index contributed by atoms with van der Waals surface area (Å²) in [6.45, 7) is 2.10. The van der Waals surface area contributed by atoms with E-state index in [1.807, 2.05) is 11.8 Å². The summed E-state index contributed by atoms with van der Waals surface area (Å²) in [5, 5.41) is 3.34. The second-order valence-corrected chi connectivity index (χ2v) is 6.19. The van der Waals surface area contributed by atoms with Gasteiger partial charge in [-0.25, -0.2) is 15.2 Å². The number of pyridine rings is 1. The van der Waals surface area contributed by atoms with Gasteiger partial charge in [-0.1, -0.05) is 13.3 Å². The fraction of sp³-hybridized carbons (Fsp3) is 0.538. The number of carbonyl (C=O) groups excluding carboxylic acids is 1. The number of hydrogen-bond acceptors (Lipinski definition) is 5. The van der Waals surface area contributed by atoms with Gasteiger partial charge in [0.15, 0.2) is 11.6 Å². The topological polar surface area (TPSA) is 80.0 Å². The van der Waals surface area contributed by atoms with Crippen molar-refractivity contribution in [3.05, 3.63) is 23.6 Å². The lowest BCUT2D eigenvalue weighted by Crippen LogP contribution is -2.39. The first-order valence-corrected chi connectivity index (χ1v) is 7.75. The molecule has 2 rings (SSSR count). The van der Waals surface area contributed by atoms with E-state index in [1.165, 1.54) is 12.3 Å². The molecule has 5 nitrogen and oxygen atoms in total. The molecule has 1 aliphatic rings. The van der Waals surface area contributed by atoms with Crippen molar-refractivity contribution in [3.8, 4) is 0 Å². The minimum Gasteiger partial charge on any atom is -0.348 e. The second kappa shape index (κ2) is 6.90. The summed E-state index contributed by atoms with van der Waals surface area (Å²) in [5.41, 5.74) is 2.12. The number of nitrogens with two attached hydrogens (primary N) is 1. The van der Waals surface area contributed by atoms with E-state index >= 15 is 0 Å². The van der Waals surface area contributed by atoms with Gasteiger partial charge in [0.05, 0.1) is 5.56 Å². The van der Waals surface area contributed by atoms with Crippen LogP contribution >= 0.6 is 11.8 Å². The van der Waals surface area contributed by atoms with E-state index < -0.39 is 11.7 Å². The van der Waals surface area contributed by atoms with Gasteiger partial charge in [-0.2, -0.15) is 11.8 Å². The molecule has 0 saturated heterocycles. The largest absolute Gasteiger partial charge is 0.348 e. The number of halogens is 1. The van der Waals surface area contributed by atoms with Gasteiger partial charge < -0.3 is 10.7 Å². The Balaban J connectivity index is 2.08. The van der Waals surface area contributed by atoms with E-state index in [1.54, 1.807) is 0 Å². The van der Waals surface area contributed by atoms with Crippen molar-refractivity contribution in [2.45, 2.75) is 37.5 Å². The lowest BCUT2D eigenvalue weighted by atomic mass is 10.2. The average molecular weight is 298 g/mol. The molecule has 1 aliphatic carbocycles. The predicted molar refractivity (Wildman–Crippen MR) is 79.0 cm³/mol. The molecule has 110 valence electrons. The highest BCUT2D eigenvalue weighted by Gasteiger charge is 2.29. The van der Waals surface area contributed by atoms with Crippen LogP contribution in [0.25, 0.3) is 0 Å². The molecule has 2 unspecified atom stereocenters. The number of hydrogen-bond donors (Lipinski definition) is 3. The van der Waals surface area contributed by atoms with Crippen LogP contribution in [-0.2, 0) is 0 Å². The number of rotatable bonds is 5. The van der Waals surface area contributed by atoms with E-state index in [9.17, 15) is 9.18 Å². The highest BCUT2D eigenvalue weighted by atomic mass is 32.2. The third-order valence-corrected chi connectivity index (χ3v) is 4.75. The van der Waals surface area contributed by atoms with Gasteiger partial charge in [0.1, 0.15) is 0 Å². The number of aromatic nitrogens is 1. The van der Waals surface area contributed by atoms with Gasteiger partial charge in [0.2, 0.25) is 0 Å². The van der Waals surface area contributed by atoms with E-state index in [4.69, 9.17) is 5.84 Å². The van der Waals surface area contributed by atoms with Crippen LogP contribution in [0.4, 0.5) is 10.2 Å². The van der Waals surface area contributed by atoms with Crippen LogP contribution in [0.15, 0.2) is 12.3 Å². The standard InChI is InChI=1S/C13H19FN4OS/c1-2-20-10-5-3-4-9(10)17-13(19)8-6-7-16-12(18-15)11(8)14/h6-7,9-10H,2-5,15H2,1H3,(H,16,18)(H,17,19). The number of thioether (sulfide) groups is 1. The molecule has 1 aromatic rings. The summed E-state index contributed by atoms with van der Waals surface area (Å²) in [4.78, 5) is 15.9. The molecule has 0 radical (unpaired) electrons. The van der Waals surface area contributed by atoms with Crippen molar-refractivity contribution in [1.82, 2.24) is 10.3 Å². The van der Waals surface area contributed by atoms with Gasteiger partial charge in [0, 0.05) is 17.5 Å². The Hall–Kier alpha value is -1.34. The van der Waals surface area contributed by atoms with Gasteiger partial charge in [-0.3, -0.25) is 4.79 Å². The molecular weight excluding hydrogens is 279 g/mol. The summed E-state index contributed by atoms with van der Waals surface area (Å²) in [6, 6.07) is 1.47. The predicted octanol–water partition coefficient (Wildman–Crippen LogP) is 1.91. The van der Waals surface area contributed by atoms with Crippen molar-refractivity contribution < 1.29 is 9.18 Å². The zero-order valence-electron chi connectivity index (χ0n) is 11.4. The average Bonchev–Trinajstić information content (AvgIpc) is 2.86. The van der Waals surface area contributed by atoms with E-state index in [0.29, 0.717) is 5.25 Å². The molecular formula is C13H19FN4OS. The first-order valence-electron chi connectivity index (χ1n) is 6.71. The minimum absolute atomic E-state index is 0.0277. The minimum atomic E-state index is -0.717. The molecule has 1 saturated carbocycles. The fourth-order valence-electron chi connectivity index (χ4n) is 2.47. The highest BCUT2D eigenvalue weighted by molar-refractivity contribution is 7.99. The Kier molecular flexibility index (Phi) is 5.19. The number of anilines is 1.